The molecule has 1 fully saturated rings. The second-order valence-electron chi connectivity index (χ2n) is 4.39. The normalized spacial score (nSPS) is 23.1. The molecule has 2 aliphatic heterocycles. The van der Waals surface area contributed by atoms with Crippen LogP contribution in [0.25, 0.3) is 0 Å². The molecule has 2 aliphatic rings. The van der Waals surface area contributed by atoms with Crippen LogP contribution in [0.1, 0.15) is 11.5 Å². The molecule has 3 rings (SSSR count). The number of morpholine rings is 1. The summed E-state index contributed by atoms with van der Waals surface area (Å²) in [4.78, 5) is 2.10. The third-order valence-corrected chi connectivity index (χ3v) is 3.38. The zero-order chi connectivity index (χ0) is 11.7. The first-order valence-electron chi connectivity index (χ1n) is 5.99. The van der Waals surface area contributed by atoms with E-state index in [0.29, 0.717) is 12.4 Å². The number of hydrogen-bond acceptors (Lipinski definition) is 3. The Morgan fingerprint density at radius 2 is 2.00 bits per heavy atom. The van der Waals surface area contributed by atoms with Gasteiger partial charge in [0, 0.05) is 18.7 Å². The summed E-state index contributed by atoms with van der Waals surface area (Å²) in [7, 11) is 0. The van der Waals surface area contributed by atoms with E-state index in [9.17, 15) is 0 Å². The molecular formula is C13H16N2O2. The zero-order valence-electron chi connectivity index (χ0n) is 9.69. The van der Waals surface area contributed by atoms with Crippen molar-refractivity contribution in [2.45, 2.75) is 5.92 Å². The van der Waals surface area contributed by atoms with Crippen LogP contribution in [0.15, 0.2) is 24.3 Å². The lowest BCUT2D eigenvalue weighted by atomic mass is 9.99. The van der Waals surface area contributed by atoms with Gasteiger partial charge < -0.3 is 14.4 Å². The van der Waals surface area contributed by atoms with Crippen molar-refractivity contribution in [3.63, 3.8) is 0 Å². The van der Waals surface area contributed by atoms with Crippen LogP contribution in [0.5, 0.6) is 5.75 Å². The predicted molar refractivity (Wildman–Crippen MR) is 64.8 cm³/mol. The quantitative estimate of drug-likeness (QED) is 0.589. The second-order valence-corrected chi connectivity index (χ2v) is 4.39. The van der Waals surface area contributed by atoms with Crippen molar-refractivity contribution in [3.8, 4) is 5.75 Å². The molecule has 1 unspecified atom stereocenters. The Labute approximate surface area is 101 Å². The van der Waals surface area contributed by atoms with Crippen LogP contribution in [0, 0.1) is 5.41 Å². The maximum atomic E-state index is 8.30. The van der Waals surface area contributed by atoms with Crippen molar-refractivity contribution >= 4 is 5.84 Å². The van der Waals surface area contributed by atoms with Crippen molar-refractivity contribution in [1.82, 2.24) is 4.90 Å². The summed E-state index contributed by atoms with van der Waals surface area (Å²) in [5, 5.41) is 8.30. The molecule has 17 heavy (non-hydrogen) atoms. The number of nitrogens with zero attached hydrogens (tertiary/aromatic N) is 1. The van der Waals surface area contributed by atoms with E-state index in [1.54, 1.807) is 0 Å². The van der Waals surface area contributed by atoms with Crippen molar-refractivity contribution in [2.24, 2.45) is 0 Å². The number of benzene rings is 1. The fraction of sp³-hybridized carbons (Fsp3) is 0.462. The Morgan fingerprint density at radius 1 is 1.24 bits per heavy atom. The minimum Gasteiger partial charge on any atom is -0.492 e. The minimum absolute atomic E-state index is 0.0873. The van der Waals surface area contributed by atoms with E-state index >= 15 is 0 Å². The monoisotopic (exact) mass is 232 g/mol. The van der Waals surface area contributed by atoms with Gasteiger partial charge in [-0.1, -0.05) is 18.2 Å². The summed E-state index contributed by atoms with van der Waals surface area (Å²) >= 11 is 0. The lowest BCUT2D eigenvalue weighted by molar-refractivity contribution is 0.0661. The first-order valence-corrected chi connectivity index (χ1v) is 5.99. The van der Waals surface area contributed by atoms with E-state index in [2.05, 4.69) is 11.0 Å². The van der Waals surface area contributed by atoms with E-state index in [4.69, 9.17) is 14.9 Å². The number of amidine groups is 1. The summed E-state index contributed by atoms with van der Waals surface area (Å²) in [6.07, 6.45) is 0. The van der Waals surface area contributed by atoms with Crippen molar-refractivity contribution in [3.05, 3.63) is 29.8 Å². The summed E-state index contributed by atoms with van der Waals surface area (Å²) in [6.45, 7) is 3.67. The van der Waals surface area contributed by atoms with Crippen LogP contribution in [0.2, 0.25) is 0 Å². The van der Waals surface area contributed by atoms with Gasteiger partial charge in [0.05, 0.1) is 19.1 Å². The fourth-order valence-corrected chi connectivity index (χ4v) is 2.41. The molecule has 4 nitrogen and oxygen atoms in total. The summed E-state index contributed by atoms with van der Waals surface area (Å²) in [5.74, 6) is 1.68. The highest BCUT2D eigenvalue weighted by atomic mass is 16.5. The van der Waals surface area contributed by atoms with Crippen LogP contribution in [0.4, 0.5) is 0 Å². The average Bonchev–Trinajstić information content (AvgIpc) is 2.83. The molecule has 0 aliphatic carbocycles. The molecule has 90 valence electrons. The molecule has 1 atom stereocenters. The van der Waals surface area contributed by atoms with Crippen LogP contribution in [-0.4, -0.2) is 43.6 Å². The Balaban J connectivity index is 1.79. The van der Waals surface area contributed by atoms with E-state index in [1.807, 2.05) is 18.2 Å². The van der Waals surface area contributed by atoms with Crippen LogP contribution in [0.3, 0.4) is 0 Å². The van der Waals surface area contributed by atoms with Gasteiger partial charge in [-0.2, -0.15) is 0 Å². The number of nitrogens with one attached hydrogen (secondary N) is 1. The van der Waals surface area contributed by atoms with Gasteiger partial charge in [0.2, 0.25) is 0 Å². The van der Waals surface area contributed by atoms with Gasteiger partial charge in [-0.15, -0.1) is 0 Å². The molecule has 0 saturated carbocycles. The van der Waals surface area contributed by atoms with E-state index in [-0.39, 0.29) is 5.92 Å². The lowest BCUT2D eigenvalue weighted by Gasteiger charge is -2.31. The van der Waals surface area contributed by atoms with Gasteiger partial charge in [-0.25, -0.2) is 0 Å². The van der Waals surface area contributed by atoms with Crippen molar-refractivity contribution in [2.75, 3.05) is 32.9 Å². The second kappa shape index (κ2) is 4.37. The molecule has 0 bridgehead atoms. The number of ether oxygens (including phenoxy) is 2. The molecule has 0 amide bonds. The highest BCUT2D eigenvalue weighted by Gasteiger charge is 2.30. The summed E-state index contributed by atoms with van der Waals surface area (Å²) in [6, 6.07) is 8.01. The largest absolute Gasteiger partial charge is 0.492 e. The van der Waals surface area contributed by atoms with Gasteiger partial charge in [0.25, 0.3) is 0 Å². The van der Waals surface area contributed by atoms with E-state index < -0.39 is 0 Å². The molecule has 1 N–H and O–H groups in total. The summed E-state index contributed by atoms with van der Waals surface area (Å²) < 4.78 is 10.9. The fourth-order valence-electron chi connectivity index (χ4n) is 2.41. The number of rotatable bonds is 1. The molecule has 1 aromatic rings. The van der Waals surface area contributed by atoms with Gasteiger partial charge in [-0.3, -0.25) is 5.41 Å². The molecule has 0 spiro atoms. The predicted octanol–water partition coefficient (Wildman–Crippen LogP) is 1.47. The summed E-state index contributed by atoms with van der Waals surface area (Å²) in [5.41, 5.74) is 1.14. The third kappa shape index (κ3) is 1.89. The Kier molecular flexibility index (Phi) is 2.73. The Bertz CT molecular complexity index is 427. The molecule has 0 radical (unpaired) electrons. The highest BCUT2D eigenvalue weighted by molar-refractivity contribution is 5.88. The van der Waals surface area contributed by atoms with E-state index in [0.717, 1.165) is 37.6 Å². The zero-order valence-corrected chi connectivity index (χ0v) is 9.69. The third-order valence-electron chi connectivity index (χ3n) is 3.38. The van der Waals surface area contributed by atoms with Crippen molar-refractivity contribution < 1.29 is 9.47 Å². The lowest BCUT2D eigenvalue weighted by Crippen LogP contribution is -2.43. The van der Waals surface area contributed by atoms with Gasteiger partial charge in [-0.05, 0) is 6.07 Å². The van der Waals surface area contributed by atoms with Crippen molar-refractivity contribution in [1.29, 1.82) is 5.41 Å². The molecule has 4 heteroatoms. The van der Waals surface area contributed by atoms with E-state index in [1.165, 1.54) is 0 Å². The molecule has 0 aromatic heterocycles. The molecule has 2 heterocycles. The maximum Gasteiger partial charge on any atom is 0.123 e. The number of para-hydroxylation sites is 1. The number of hydrogen-bond donors (Lipinski definition) is 1. The number of fused-ring (bicyclic) bond motifs is 1. The van der Waals surface area contributed by atoms with Crippen LogP contribution >= 0.6 is 0 Å². The van der Waals surface area contributed by atoms with Gasteiger partial charge in [0.1, 0.15) is 18.2 Å². The SMILES string of the molecule is N=C(C1COc2ccccc21)N1CCOCC1. The highest BCUT2D eigenvalue weighted by Crippen LogP contribution is 2.34. The van der Waals surface area contributed by atoms with Crippen LogP contribution in [-0.2, 0) is 4.74 Å². The first-order chi connectivity index (χ1) is 8.36. The Morgan fingerprint density at radius 3 is 2.82 bits per heavy atom. The molecule has 1 aromatic carbocycles. The smallest absolute Gasteiger partial charge is 0.123 e. The average molecular weight is 232 g/mol. The molecular weight excluding hydrogens is 216 g/mol. The van der Waals surface area contributed by atoms with Gasteiger partial charge in [0.15, 0.2) is 0 Å². The standard InChI is InChI=1S/C13H16N2O2/c14-13(15-5-7-16-8-6-15)11-9-17-12-4-2-1-3-10(11)12/h1-4,11,14H,5-9H2. The minimum atomic E-state index is 0.0873. The molecule has 1 saturated heterocycles. The first kappa shape index (κ1) is 10.6. The maximum absolute atomic E-state index is 8.30. The topological polar surface area (TPSA) is 45.5 Å². The van der Waals surface area contributed by atoms with Crippen LogP contribution < -0.4 is 4.74 Å². The van der Waals surface area contributed by atoms with Gasteiger partial charge >= 0.3 is 0 Å². The Hall–Kier alpha value is -1.55.